The summed E-state index contributed by atoms with van der Waals surface area (Å²) in [5, 5.41) is 0. The van der Waals surface area contributed by atoms with Gasteiger partial charge in [0.25, 0.3) is 5.91 Å². The van der Waals surface area contributed by atoms with E-state index in [2.05, 4.69) is 0 Å². The van der Waals surface area contributed by atoms with Crippen LogP contribution in [0.4, 0.5) is 5.69 Å². The lowest BCUT2D eigenvalue weighted by Gasteiger charge is -2.30. The fourth-order valence-electron chi connectivity index (χ4n) is 3.20. The number of nitrogens with zero attached hydrogens (tertiary/aromatic N) is 1. The quantitative estimate of drug-likeness (QED) is 0.803. The molecule has 0 unspecified atom stereocenters. The Kier molecular flexibility index (Phi) is 5.14. The van der Waals surface area contributed by atoms with Crippen molar-refractivity contribution < 1.29 is 19.1 Å². The van der Waals surface area contributed by atoms with Gasteiger partial charge in [-0.3, -0.25) is 4.79 Å². The van der Waals surface area contributed by atoms with Crippen LogP contribution in [0.15, 0.2) is 42.5 Å². The van der Waals surface area contributed by atoms with E-state index in [0.29, 0.717) is 24.3 Å². The van der Waals surface area contributed by atoms with E-state index in [1.54, 1.807) is 24.1 Å². The summed E-state index contributed by atoms with van der Waals surface area (Å²) in [5.41, 5.74) is 3.85. The van der Waals surface area contributed by atoms with Crippen LogP contribution >= 0.6 is 0 Å². The zero-order valence-corrected chi connectivity index (χ0v) is 14.5. The first kappa shape index (κ1) is 17.2. The van der Waals surface area contributed by atoms with E-state index in [1.165, 1.54) is 7.11 Å². The maximum absolute atomic E-state index is 13.0. The van der Waals surface area contributed by atoms with Gasteiger partial charge in [0.05, 0.1) is 19.3 Å². The Morgan fingerprint density at radius 2 is 1.84 bits per heavy atom. The number of carbonyl (C=O) groups excluding carboxylic acids is 2. The zero-order chi connectivity index (χ0) is 17.8. The van der Waals surface area contributed by atoms with Gasteiger partial charge in [-0.1, -0.05) is 18.2 Å². The molecule has 25 heavy (non-hydrogen) atoms. The number of esters is 1. The SMILES string of the molecule is COCc1ccc(C(=O)N2CCCc3c(C(=O)OC)cccc32)cc1. The smallest absolute Gasteiger partial charge is 0.338 e. The molecule has 5 nitrogen and oxygen atoms in total. The molecule has 130 valence electrons. The minimum Gasteiger partial charge on any atom is -0.465 e. The van der Waals surface area contributed by atoms with E-state index in [0.717, 1.165) is 29.7 Å². The van der Waals surface area contributed by atoms with Gasteiger partial charge in [-0.15, -0.1) is 0 Å². The van der Waals surface area contributed by atoms with Crippen LogP contribution in [0.5, 0.6) is 0 Å². The number of amides is 1. The van der Waals surface area contributed by atoms with Gasteiger partial charge in [0, 0.05) is 24.9 Å². The van der Waals surface area contributed by atoms with Gasteiger partial charge >= 0.3 is 5.97 Å². The van der Waals surface area contributed by atoms with Crippen LogP contribution in [0.25, 0.3) is 0 Å². The second-order valence-electron chi connectivity index (χ2n) is 5.99. The van der Waals surface area contributed by atoms with Crippen molar-refractivity contribution in [2.45, 2.75) is 19.4 Å². The lowest BCUT2D eigenvalue weighted by molar-refractivity contribution is 0.0599. The van der Waals surface area contributed by atoms with Crippen molar-refractivity contribution >= 4 is 17.6 Å². The molecule has 0 aliphatic carbocycles. The molecule has 0 atom stereocenters. The Morgan fingerprint density at radius 3 is 2.52 bits per heavy atom. The van der Waals surface area contributed by atoms with Crippen molar-refractivity contribution in [2.24, 2.45) is 0 Å². The van der Waals surface area contributed by atoms with Crippen molar-refractivity contribution in [1.82, 2.24) is 0 Å². The summed E-state index contributed by atoms with van der Waals surface area (Å²) < 4.78 is 9.96. The van der Waals surface area contributed by atoms with Gasteiger partial charge in [-0.2, -0.15) is 0 Å². The second kappa shape index (κ2) is 7.49. The van der Waals surface area contributed by atoms with Crippen molar-refractivity contribution in [3.63, 3.8) is 0 Å². The van der Waals surface area contributed by atoms with Crippen LogP contribution in [-0.2, 0) is 22.5 Å². The number of carbonyl (C=O) groups is 2. The Labute approximate surface area is 147 Å². The Morgan fingerprint density at radius 1 is 1.08 bits per heavy atom. The predicted octanol–water partition coefficient (Wildman–Crippen LogP) is 3.21. The number of benzene rings is 2. The number of rotatable bonds is 4. The molecule has 1 aliphatic rings. The maximum atomic E-state index is 13.0. The first-order valence-corrected chi connectivity index (χ1v) is 8.25. The van der Waals surface area contributed by atoms with Crippen molar-refractivity contribution in [2.75, 3.05) is 25.7 Å². The average Bonchev–Trinajstić information content (AvgIpc) is 2.66. The normalized spacial score (nSPS) is 13.3. The van der Waals surface area contributed by atoms with E-state index in [1.807, 2.05) is 30.3 Å². The summed E-state index contributed by atoms with van der Waals surface area (Å²) in [6.45, 7) is 1.15. The minimum absolute atomic E-state index is 0.0630. The van der Waals surface area contributed by atoms with Gasteiger partial charge in [0.15, 0.2) is 0 Å². The van der Waals surface area contributed by atoms with E-state index in [9.17, 15) is 9.59 Å². The van der Waals surface area contributed by atoms with E-state index >= 15 is 0 Å². The van der Waals surface area contributed by atoms with Crippen LogP contribution in [-0.4, -0.2) is 32.6 Å². The Bertz CT molecular complexity index is 783. The third kappa shape index (κ3) is 3.42. The third-order valence-corrected chi connectivity index (χ3v) is 4.41. The second-order valence-corrected chi connectivity index (χ2v) is 5.99. The summed E-state index contributed by atoms with van der Waals surface area (Å²) in [6, 6.07) is 12.8. The summed E-state index contributed by atoms with van der Waals surface area (Å²) in [5.74, 6) is -0.429. The van der Waals surface area contributed by atoms with E-state index < -0.39 is 0 Å². The molecule has 0 N–H and O–H groups in total. The minimum atomic E-state index is -0.366. The number of ether oxygens (including phenoxy) is 2. The molecule has 0 saturated heterocycles. The highest BCUT2D eigenvalue weighted by atomic mass is 16.5. The monoisotopic (exact) mass is 339 g/mol. The molecule has 0 bridgehead atoms. The molecule has 0 radical (unpaired) electrons. The van der Waals surface area contributed by atoms with Crippen LogP contribution in [0.3, 0.4) is 0 Å². The number of fused-ring (bicyclic) bond motifs is 1. The number of anilines is 1. The molecule has 0 fully saturated rings. The standard InChI is InChI=1S/C20H21NO4/c1-24-13-14-8-10-15(11-9-14)19(22)21-12-4-6-16-17(20(23)25-2)5-3-7-18(16)21/h3,5,7-11H,4,6,12-13H2,1-2H3. The van der Waals surface area contributed by atoms with Gasteiger partial charge in [-0.25, -0.2) is 4.79 Å². The summed E-state index contributed by atoms with van der Waals surface area (Å²) >= 11 is 0. The molecule has 2 aromatic rings. The van der Waals surface area contributed by atoms with E-state index in [4.69, 9.17) is 9.47 Å². The van der Waals surface area contributed by atoms with Crippen molar-refractivity contribution in [1.29, 1.82) is 0 Å². The predicted molar refractivity (Wildman–Crippen MR) is 94.9 cm³/mol. The molecule has 0 aromatic heterocycles. The highest BCUT2D eigenvalue weighted by molar-refractivity contribution is 6.07. The van der Waals surface area contributed by atoms with Crippen LogP contribution in [0, 0.1) is 0 Å². The Balaban J connectivity index is 1.92. The molecule has 1 aliphatic heterocycles. The summed E-state index contributed by atoms with van der Waals surface area (Å²) in [4.78, 5) is 26.7. The van der Waals surface area contributed by atoms with Gasteiger partial charge in [0.1, 0.15) is 0 Å². The number of hydrogen-bond donors (Lipinski definition) is 0. The lowest BCUT2D eigenvalue weighted by Crippen LogP contribution is -2.36. The Hall–Kier alpha value is -2.66. The van der Waals surface area contributed by atoms with E-state index in [-0.39, 0.29) is 11.9 Å². The third-order valence-electron chi connectivity index (χ3n) is 4.41. The molecule has 0 spiro atoms. The summed E-state index contributed by atoms with van der Waals surface area (Å²) in [7, 11) is 3.01. The number of methoxy groups -OCH3 is 2. The topological polar surface area (TPSA) is 55.8 Å². The highest BCUT2D eigenvalue weighted by Gasteiger charge is 2.27. The first-order chi connectivity index (χ1) is 12.2. The molecule has 2 aromatic carbocycles. The highest BCUT2D eigenvalue weighted by Crippen LogP contribution is 2.31. The van der Waals surface area contributed by atoms with Crippen LogP contribution in [0.2, 0.25) is 0 Å². The molecule has 5 heteroatoms. The van der Waals surface area contributed by atoms with Gasteiger partial charge < -0.3 is 14.4 Å². The molecule has 3 rings (SSSR count). The van der Waals surface area contributed by atoms with Crippen molar-refractivity contribution in [3.05, 3.63) is 64.7 Å². The fraction of sp³-hybridized carbons (Fsp3) is 0.300. The summed E-state index contributed by atoms with van der Waals surface area (Å²) in [6.07, 6.45) is 1.58. The lowest BCUT2D eigenvalue weighted by atomic mass is 9.95. The maximum Gasteiger partial charge on any atom is 0.338 e. The average molecular weight is 339 g/mol. The zero-order valence-electron chi connectivity index (χ0n) is 14.5. The fourth-order valence-corrected chi connectivity index (χ4v) is 3.20. The van der Waals surface area contributed by atoms with Gasteiger partial charge in [0.2, 0.25) is 0 Å². The largest absolute Gasteiger partial charge is 0.465 e. The number of hydrogen-bond acceptors (Lipinski definition) is 4. The molecule has 1 heterocycles. The molecular formula is C20H21NO4. The molecule has 1 amide bonds. The van der Waals surface area contributed by atoms with Gasteiger partial charge in [-0.05, 0) is 48.2 Å². The molecule has 0 saturated carbocycles. The van der Waals surface area contributed by atoms with Crippen molar-refractivity contribution in [3.8, 4) is 0 Å². The van der Waals surface area contributed by atoms with Crippen LogP contribution < -0.4 is 4.90 Å². The molecular weight excluding hydrogens is 318 g/mol. The first-order valence-electron chi connectivity index (χ1n) is 8.25. The van der Waals surface area contributed by atoms with Crippen LogP contribution in [0.1, 0.15) is 38.3 Å².